The Morgan fingerprint density at radius 3 is 2.48 bits per heavy atom. The van der Waals surface area contributed by atoms with Crippen molar-refractivity contribution >= 4 is 48.8 Å². The molecule has 0 unspecified atom stereocenters. The molecule has 0 spiro atoms. The number of benzene rings is 2. The molecule has 0 atom stereocenters. The van der Waals surface area contributed by atoms with E-state index in [2.05, 4.69) is 31.9 Å². The van der Waals surface area contributed by atoms with E-state index in [4.69, 9.17) is 9.15 Å². The molecule has 4 nitrogen and oxygen atoms in total. The topological polar surface area (TPSA) is 56.5 Å². The van der Waals surface area contributed by atoms with Crippen molar-refractivity contribution in [1.82, 2.24) is 0 Å². The van der Waals surface area contributed by atoms with Gasteiger partial charge in [0.2, 0.25) is 0 Å². The molecule has 0 saturated heterocycles. The molecule has 0 saturated carbocycles. The largest absolute Gasteiger partial charge is 0.423 e. The zero-order valence-electron chi connectivity index (χ0n) is 11.3. The number of carbonyl (C=O) groups is 1. The summed E-state index contributed by atoms with van der Waals surface area (Å²) in [5.41, 5.74) is -0.726. The average molecular weight is 442 g/mol. The summed E-state index contributed by atoms with van der Waals surface area (Å²) in [6.45, 7) is 0. The van der Waals surface area contributed by atoms with Gasteiger partial charge in [-0.05, 0) is 58.4 Å². The maximum atomic E-state index is 12.8. The Morgan fingerprint density at radius 2 is 1.78 bits per heavy atom. The fourth-order valence-corrected chi connectivity index (χ4v) is 3.30. The minimum absolute atomic E-state index is 0.131. The molecule has 0 aliphatic rings. The fraction of sp³-hybridized carbons (Fsp3) is 0. The summed E-state index contributed by atoms with van der Waals surface area (Å²) in [5.74, 6) is -1.20. The van der Waals surface area contributed by atoms with Crippen LogP contribution in [-0.2, 0) is 0 Å². The van der Waals surface area contributed by atoms with Crippen molar-refractivity contribution in [2.75, 3.05) is 0 Å². The maximum absolute atomic E-state index is 12.8. The van der Waals surface area contributed by atoms with E-state index >= 15 is 0 Å². The lowest BCUT2D eigenvalue weighted by atomic mass is 10.2. The van der Waals surface area contributed by atoms with E-state index in [-0.39, 0.29) is 11.3 Å². The molecule has 0 N–H and O–H groups in total. The Hall–Kier alpha value is -1.99. The summed E-state index contributed by atoms with van der Waals surface area (Å²) in [6.07, 6.45) is 0. The van der Waals surface area contributed by atoms with Gasteiger partial charge in [0, 0.05) is 9.86 Å². The Labute approximate surface area is 146 Å². The molecule has 0 fully saturated rings. The normalized spacial score (nSPS) is 10.7. The van der Waals surface area contributed by atoms with Crippen molar-refractivity contribution in [2.45, 2.75) is 0 Å². The average Bonchev–Trinajstić information content (AvgIpc) is 2.50. The van der Waals surface area contributed by atoms with Gasteiger partial charge in [0.1, 0.15) is 17.1 Å². The molecule has 3 rings (SSSR count). The highest BCUT2D eigenvalue weighted by Gasteiger charge is 2.17. The molecule has 3 aromatic rings. The molecule has 0 aliphatic heterocycles. The smallest absolute Gasteiger partial charge is 0.351 e. The van der Waals surface area contributed by atoms with Gasteiger partial charge in [0.05, 0.1) is 4.47 Å². The fourth-order valence-electron chi connectivity index (χ4n) is 1.96. The van der Waals surface area contributed by atoms with Crippen LogP contribution in [0.3, 0.4) is 0 Å². The van der Waals surface area contributed by atoms with Gasteiger partial charge in [-0.25, -0.2) is 14.0 Å². The molecule has 1 aromatic heterocycles. The van der Waals surface area contributed by atoms with Crippen molar-refractivity contribution in [2.24, 2.45) is 0 Å². The molecule has 0 radical (unpaired) electrons. The van der Waals surface area contributed by atoms with Gasteiger partial charge in [-0.3, -0.25) is 0 Å². The lowest BCUT2D eigenvalue weighted by Gasteiger charge is -2.05. The van der Waals surface area contributed by atoms with Gasteiger partial charge in [0.15, 0.2) is 5.58 Å². The van der Waals surface area contributed by atoms with Crippen molar-refractivity contribution in [1.29, 1.82) is 0 Å². The predicted octanol–water partition coefficient (Wildman–Crippen LogP) is 4.68. The summed E-state index contributed by atoms with van der Waals surface area (Å²) < 4.78 is 24.4. The first-order valence-corrected chi connectivity index (χ1v) is 7.93. The van der Waals surface area contributed by atoms with Crippen molar-refractivity contribution < 1.29 is 18.3 Å². The van der Waals surface area contributed by atoms with Crippen LogP contribution in [0.25, 0.3) is 11.0 Å². The quantitative estimate of drug-likeness (QED) is 0.329. The Morgan fingerprint density at radius 1 is 1.09 bits per heavy atom. The van der Waals surface area contributed by atoms with Gasteiger partial charge in [-0.15, -0.1) is 0 Å². The maximum Gasteiger partial charge on any atom is 0.351 e. The second kappa shape index (κ2) is 6.25. The summed E-state index contributed by atoms with van der Waals surface area (Å²) in [5, 5.41) is 0.553. The third kappa shape index (κ3) is 3.35. The highest BCUT2D eigenvalue weighted by molar-refractivity contribution is 9.11. The van der Waals surface area contributed by atoms with E-state index in [1.807, 2.05) is 0 Å². The number of hydrogen-bond donors (Lipinski definition) is 0. The standard InChI is InChI=1S/C16H7Br2FO4/c17-9-5-8-6-12(16(21)23-14(8)13(18)7-9)15(20)22-11-3-1-10(19)2-4-11/h1-7H. The van der Waals surface area contributed by atoms with E-state index in [1.165, 1.54) is 18.2 Å². The zero-order valence-corrected chi connectivity index (χ0v) is 14.5. The molecule has 0 bridgehead atoms. The molecule has 23 heavy (non-hydrogen) atoms. The molecule has 1 heterocycles. The number of hydrogen-bond acceptors (Lipinski definition) is 4. The van der Waals surface area contributed by atoms with Crippen LogP contribution in [0.5, 0.6) is 5.75 Å². The molecular weight excluding hydrogens is 435 g/mol. The third-order valence-corrected chi connectivity index (χ3v) is 4.04. The minimum Gasteiger partial charge on any atom is -0.423 e. The number of fused-ring (bicyclic) bond motifs is 1. The first-order chi connectivity index (χ1) is 10.9. The van der Waals surface area contributed by atoms with Gasteiger partial charge in [0.25, 0.3) is 0 Å². The van der Waals surface area contributed by atoms with Gasteiger partial charge in [-0.2, -0.15) is 0 Å². The van der Waals surface area contributed by atoms with Crippen LogP contribution < -0.4 is 10.4 Å². The predicted molar refractivity (Wildman–Crippen MR) is 89.2 cm³/mol. The second-order valence-corrected chi connectivity index (χ2v) is 6.37. The molecular formula is C16H7Br2FO4. The van der Waals surface area contributed by atoms with E-state index in [0.717, 1.165) is 16.6 Å². The van der Waals surface area contributed by atoms with Crippen molar-refractivity contribution in [3.63, 3.8) is 0 Å². The number of carbonyl (C=O) groups excluding carboxylic acids is 1. The zero-order chi connectivity index (χ0) is 16.6. The van der Waals surface area contributed by atoms with E-state index < -0.39 is 17.4 Å². The Bertz CT molecular complexity index is 964. The van der Waals surface area contributed by atoms with Crippen LogP contribution in [0.4, 0.5) is 4.39 Å². The van der Waals surface area contributed by atoms with Gasteiger partial charge < -0.3 is 9.15 Å². The molecule has 2 aromatic carbocycles. The van der Waals surface area contributed by atoms with Gasteiger partial charge >= 0.3 is 11.6 Å². The summed E-state index contributed by atoms with van der Waals surface area (Å²) in [7, 11) is 0. The van der Waals surface area contributed by atoms with Crippen LogP contribution in [0, 0.1) is 5.82 Å². The van der Waals surface area contributed by atoms with Crippen LogP contribution in [0.2, 0.25) is 0 Å². The SMILES string of the molecule is O=C(Oc1ccc(F)cc1)c1cc2cc(Br)cc(Br)c2oc1=O. The lowest BCUT2D eigenvalue weighted by Crippen LogP contribution is -2.18. The van der Waals surface area contributed by atoms with E-state index in [0.29, 0.717) is 15.4 Å². The van der Waals surface area contributed by atoms with Crippen molar-refractivity contribution in [3.8, 4) is 5.75 Å². The highest BCUT2D eigenvalue weighted by atomic mass is 79.9. The molecule has 0 aliphatic carbocycles. The Kier molecular flexibility index (Phi) is 4.32. The van der Waals surface area contributed by atoms with Crippen molar-refractivity contribution in [3.05, 3.63) is 73.2 Å². The number of ether oxygens (including phenoxy) is 1. The lowest BCUT2D eigenvalue weighted by molar-refractivity contribution is 0.0730. The first kappa shape index (κ1) is 15.9. The minimum atomic E-state index is -0.872. The molecule has 116 valence electrons. The first-order valence-electron chi connectivity index (χ1n) is 6.35. The highest BCUT2D eigenvalue weighted by Crippen LogP contribution is 2.28. The summed E-state index contributed by atoms with van der Waals surface area (Å²) in [4.78, 5) is 24.1. The Balaban J connectivity index is 2.01. The molecule has 0 amide bonds. The van der Waals surface area contributed by atoms with Gasteiger partial charge in [-0.1, -0.05) is 15.9 Å². The van der Waals surface area contributed by atoms with Crippen LogP contribution in [0.1, 0.15) is 10.4 Å². The number of esters is 1. The van der Waals surface area contributed by atoms with Crippen LogP contribution >= 0.6 is 31.9 Å². The summed E-state index contributed by atoms with van der Waals surface area (Å²) in [6, 6.07) is 9.72. The van der Waals surface area contributed by atoms with Crippen LogP contribution in [-0.4, -0.2) is 5.97 Å². The number of halogens is 3. The van der Waals surface area contributed by atoms with E-state index in [1.54, 1.807) is 12.1 Å². The monoisotopic (exact) mass is 440 g/mol. The van der Waals surface area contributed by atoms with E-state index in [9.17, 15) is 14.0 Å². The summed E-state index contributed by atoms with van der Waals surface area (Å²) >= 11 is 6.61. The third-order valence-electron chi connectivity index (χ3n) is 3.00. The molecule has 7 heteroatoms. The van der Waals surface area contributed by atoms with Crippen LogP contribution in [0.15, 0.2) is 60.6 Å². The number of rotatable bonds is 2. The second-order valence-electron chi connectivity index (χ2n) is 4.60.